The van der Waals surface area contributed by atoms with E-state index in [0.29, 0.717) is 28.6 Å². The summed E-state index contributed by atoms with van der Waals surface area (Å²) in [6.07, 6.45) is 2.62. The lowest BCUT2D eigenvalue weighted by molar-refractivity contribution is 0.771. The summed E-state index contributed by atoms with van der Waals surface area (Å²) in [5.41, 5.74) is 0. The van der Waals surface area contributed by atoms with E-state index < -0.39 is 0 Å². The predicted octanol–water partition coefficient (Wildman–Crippen LogP) is 10.00. The molecule has 8 bridgehead atoms. The van der Waals surface area contributed by atoms with Gasteiger partial charge in [-0.3, -0.25) is 0 Å². The molecule has 0 radical (unpaired) electrons. The maximum atomic E-state index is 2.51. The fourth-order valence-corrected chi connectivity index (χ4v) is 46.1. The van der Waals surface area contributed by atoms with E-state index in [2.05, 4.69) is 181 Å². The summed E-state index contributed by atoms with van der Waals surface area (Å²) in [5, 5.41) is 0. The molecule has 4 unspecified atom stereocenters. The van der Waals surface area contributed by atoms with Crippen LogP contribution in [0.3, 0.4) is 0 Å². The number of rotatable bonds is 3. The summed E-state index contributed by atoms with van der Waals surface area (Å²) >= 11 is 22.4. The van der Waals surface area contributed by atoms with Crippen molar-refractivity contribution in [3.05, 3.63) is 0 Å². The zero-order valence-corrected chi connectivity index (χ0v) is 26.1. The van der Waals surface area contributed by atoms with Crippen molar-refractivity contribution in [2.45, 2.75) is 83.0 Å². The molecule has 158 valence electrons. The molecular formula is C16H22S12. The molecule has 0 amide bonds. The van der Waals surface area contributed by atoms with Gasteiger partial charge in [0.2, 0.25) is 0 Å². The topological polar surface area (TPSA) is 0 Å². The highest BCUT2D eigenvalue weighted by Gasteiger charge is 2.71. The van der Waals surface area contributed by atoms with Crippen LogP contribution in [0.5, 0.6) is 0 Å². The highest BCUT2D eigenvalue weighted by molar-refractivity contribution is 8.86. The second kappa shape index (κ2) is 6.49. The lowest BCUT2D eigenvalue weighted by atomic mass is 10.3. The minimum atomic E-state index is 0.297. The van der Waals surface area contributed by atoms with E-state index in [1.54, 1.807) is 0 Å². The fraction of sp³-hybridized carbons (Fsp3) is 1.00. The summed E-state index contributed by atoms with van der Waals surface area (Å²) < 4.78 is 2.55. The molecule has 0 aromatic rings. The molecule has 8 heterocycles. The highest BCUT2D eigenvalue weighted by atomic mass is 33.1. The SMILES string of the molecule is CC12CC3(SSC45CC6(C)S[C@@](C)(S4)S[C@](C)(S6)S5)S[C@](C)(S1)S[C@](C)(S2)S3. The molecule has 0 nitrogen and oxygen atoms in total. The summed E-state index contributed by atoms with van der Waals surface area (Å²) in [6, 6.07) is 0. The first-order valence-electron chi connectivity index (χ1n) is 9.07. The van der Waals surface area contributed by atoms with E-state index in [1.807, 2.05) is 0 Å². The molecule has 0 spiro atoms. The van der Waals surface area contributed by atoms with Crippen LogP contribution in [0.2, 0.25) is 0 Å². The Bertz CT molecular complexity index is 585. The first kappa shape index (κ1) is 22.7. The molecule has 8 atom stereocenters. The third-order valence-electron chi connectivity index (χ3n) is 5.08. The van der Waals surface area contributed by atoms with Crippen molar-refractivity contribution in [3.8, 4) is 0 Å². The molecule has 0 aromatic carbocycles. The molecule has 8 saturated heterocycles. The van der Waals surface area contributed by atoms with Crippen LogP contribution < -0.4 is 0 Å². The maximum Gasteiger partial charge on any atom is 0.123 e. The summed E-state index contributed by atoms with van der Waals surface area (Å²) in [4.78, 5) is 0. The van der Waals surface area contributed by atoms with Crippen LogP contribution in [0.15, 0.2) is 0 Å². The lowest BCUT2D eigenvalue weighted by Crippen LogP contribution is -2.54. The molecular weight excluding hydrogens is 577 g/mol. The van der Waals surface area contributed by atoms with Crippen molar-refractivity contribution in [3.63, 3.8) is 0 Å². The first-order valence-corrected chi connectivity index (χ1v) is 19.4. The van der Waals surface area contributed by atoms with Gasteiger partial charge < -0.3 is 0 Å². The second-order valence-corrected chi connectivity index (χ2v) is 34.8. The lowest BCUT2D eigenvalue weighted by Gasteiger charge is -2.67. The van der Waals surface area contributed by atoms with Crippen LogP contribution in [-0.4, -0.2) is 28.6 Å². The zero-order valence-electron chi connectivity index (χ0n) is 16.3. The van der Waals surface area contributed by atoms with Crippen molar-refractivity contribution >= 4 is 139 Å². The molecule has 0 aliphatic carbocycles. The van der Waals surface area contributed by atoms with Crippen molar-refractivity contribution < 1.29 is 0 Å². The largest absolute Gasteiger partial charge is 0.123 e. The van der Waals surface area contributed by atoms with Gasteiger partial charge in [-0.25, -0.2) is 0 Å². The highest BCUT2D eigenvalue weighted by Crippen LogP contribution is 2.91. The Balaban J connectivity index is 1.29. The van der Waals surface area contributed by atoms with Gasteiger partial charge in [0.05, 0.1) is 8.16 Å². The van der Waals surface area contributed by atoms with Crippen LogP contribution in [0.25, 0.3) is 0 Å². The Morgan fingerprint density at radius 2 is 0.714 bits per heavy atom. The standard InChI is InChI=1S/C16H22S12/c1-9-7-15(23-11(3,17-9)21-12(4,18-9)24-15)27-28-16-8-10(2)19-13(5,25-16)22-14(6,20-10)26-16/h7-8H2,1-6H3/t9?,10?,11-,12+,13-,14+,15?,16?. The average Bonchev–Trinajstić information content (AvgIpc) is 2.34. The molecule has 0 aromatic heterocycles. The van der Waals surface area contributed by atoms with Crippen LogP contribution in [-0.2, 0) is 0 Å². The minimum Gasteiger partial charge on any atom is -0.116 e. The van der Waals surface area contributed by atoms with Crippen LogP contribution in [0.1, 0.15) is 54.4 Å². The summed E-state index contributed by atoms with van der Waals surface area (Å²) in [7, 11) is 4.49. The predicted molar refractivity (Wildman–Crippen MR) is 156 cm³/mol. The van der Waals surface area contributed by atoms with E-state index in [9.17, 15) is 0 Å². The monoisotopic (exact) mass is 598 g/mol. The third kappa shape index (κ3) is 3.72. The zero-order chi connectivity index (χ0) is 19.9. The van der Waals surface area contributed by atoms with Crippen LogP contribution >= 0.6 is 139 Å². The van der Waals surface area contributed by atoms with Crippen LogP contribution in [0, 0.1) is 0 Å². The quantitative estimate of drug-likeness (QED) is 0.284. The number of hydrogen-bond acceptors (Lipinski definition) is 12. The van der Waals surface area contributed by atoms with E-state index in [-0.39, 0.29) is 0 Å². The van der Waals surface area contributed by atoms with E-state index in [1.165, 1.54) is 12.8 Å². The third-order valence-corrected chi connectivity index (χ3v) is 27.8. The van der Waals surface area contributed by atoms with Gasteiger partial charge in [-0.2, -0.15) is 0 Å². The smallest absolute Gasteiger partial charge is 0.116 e. The Labute approximate surface area is 219 Å². The molecule has 8 aliphatic rings. The number of hydrogen-bond donors (Lipinski definition) is 0. The fourth-order valence-electron chi connectivity index (χ4n) is 5.03. The summed E-state index contributed by atoms with van der Waals surface area (Å²) in [6.45, 7) is 15.0. The van der Waals surface area contributed by atoms with Gasteiger partial charge in [0, 0.05) is 12.8 Å². The van der Waals surface area contributed by atoms with Crippen molar-refractivity contribution in [2.24, 2.45) is 0 Å². The normalized spacial score (nSPS) is 66.6. The molecule has 0 N–H and O–H groups in total. The molecule has 28 heavy (non-hydrogen) atoms. The molecule has 8 aliphatic heterocycles. The molecule has 8 rings (SSSR count). The molecule has 0 saturated carbocycles. The van der Waals surface area contributed by atoms with Gasteiger partial charge in [0.1, 0.15) is 20.5 Å². The van der Waals surface area contributed by atoms with Gasteiger partial charge in [0.15, 0.2) is 0 Å². The van der Waals surface area contributed by atoms with E-state index in [0.717, 1.165) is 0 Å². The van der Waals surface area contributed by atoms with Gasteiger partial charge in [-0.05, 0) is 41.5 Å². The summed E-state index contributed by atoms with van der Waals surface area (Å²) in [5.74, 6) is 0. The first-order chi connectivity index (χ1) is 12.7. The van der Waals surface area contributed by atoms with Gasteiger partial charge in [-0.1, -0.05) is 21.6 Å². The maximum absolute atomic E-state index is 2.51. The van der Waals surface area contributed by atoms with Gasteiger partial charge in [0.25, 0.3) is 0 Å². The van der Waals surface area contributed by atoms with Gasteiger partial charge in [-0.15, -0.1) is 118 Å². The molecule has 12 heteroatoms. The minimum absolute atomic E-state index is 0.297. The Hall–Kier alpha value is 4.20. The molecule has 8 fully saturated rings. The van der Waals surface area contributed by atoms with E-state index >= 15 is 0 Å². The Morgan fingerprint density at radius 1 is 0.429 bits per heavy atom. The Kier molecular flexibility index (Phi) is 5.25. The van der Waals surface area contributed by atoms with Crippen molar-refractivity contribution in [1.29, 1.82) is 0 Å². The van der Waals surface area contributed by atoms with Crippen molar-refractivity contribution in [2.75, 3.05) is 0 Å². The van der Waals surface area contributed by atoms with Gasteiger partial charge >= 0.3 is 0 Å². The average molecular weight is 599 g/mol. The Morgan fingerprint density at radius 3 is 0.964 bits per heavy atom. The number of thioether (sulfide) groups is 10. The van der Waals surface area contributed by atoms with Crippen molar-refractivity contribution in [1.82, 2.24) is 0 Å². The van der Waals surface area contributed by atoms with E-state index in [4.69, 9.17) is 0 Å². The second-order valence-electron chi connectivity index (χ2n) is 8.62. The van der Waals surface area contributed by atoms with Crippen LogP contribution in [0.4, 0.5) is 0 Å².